The van der Waals surface area contributed by atoms with Crippen LogP contribution in [-0.2, 0) is 12.7 Å². The first-order valence-corrected chi connectivity index (χ1v) is 8.18. The zero-order valence-corrected chi connectivity index (χ0v) is 14.5. The van der Waals surface area contributed by atoms with E-state index in [0.29, 0.717) is 36.3 Å². The molecule has 0 saturated heterocycles. The Morgan fingerprint density at radius 3 is 2.62 bits per heavy atom. The number of hydrogen-bond donors (Lipinski definition) is 1. The van der Waals surface area contributed by atoms with Crippen molar-refractivity contribution in [1.82, 2.24) is 14.5 Å². The number of nitrogens with zero attached hydrogens (tertiary/aromatic N) is 3. The Hall–Kier alpha value is -2.32. The fourth-order valence-electron chi connectivity index (χ4n) is 3.15. The fourth-order valence-corrected chi connectivity index (χ4v) is 3.15. The van der Waals surface area contributed by atoms with E-state index >= 15 is 0 Å². The molecule has 0 unspecified atom stereocenters. The van der Waals surface area contributed by atoms with E-state index in [4.69, 9.17) is 9.84 Å². The van der Waals surface area contributed by atoms with Crippen LogP contribution in [0.2, 0.25) is 0 Å². The highest BCUT2D eigenvalue weighted by Gasteiger charge is 2.36. The van der Waals surface area contributed by atoms with E-state index in [9.17, 15) is 13.2 Å². The molecule has 1 N–H and O–H groups in total. The largest absolute Gasteiger partial charge is 0.497 e. The SMILES string of the molecule is COc1ccc2c3ccnc(C(F)(F)F)c3n(CCN(C)CCO)c2c1. The van der Waals surface area contributed by atoms with Gasteiger partial charge in [-0.05, 0) is 25.2 Å². The Morgan fingerprint density at radius 1 is 1.19 bits per heavy atom. The molecule has 2 heterocycles. The van der Waals surface area contributed by atoms with Crippen molar-refractivity contribution in [1.29, 1.82) is 0 Å². The highest BCUT2D eigenvalue weighted by atomic mass is 19.4. The Kier molecular flexibility index (Phi) is 5.06. The fraction of sp³-hybridized carbons (Fsp3) is 0.389. The van der Waals surface area contributed by atoms with E-state index in [2.05, 4.69) is 4.98 Å². The molecule has 0 radical (unpaired) electrons. The number of hydrogen-bond acceptors (Lipinski definition) is 4. The number of fused-ring (bicyclic) bond motifs is 3. The molecule has 3 rings (SSSR count). The van der Waals surface area contributed by atoms with Crippen molar-refractivity contribution >= 4 is 21.8 Å². The maximum Gasteiger partial charge on any atom is 0.435 e. The van der Waals surface area contributed by atoms with Crippen LogP contribution in [-0.4, -0.2) is 53.4 Å². The van der Waals surface area contributed by atoms with Gasteiger partial charge in [-0.2, -0.15) is 13.2 Å². The molecule has 140 valence electrons. The minimum absolute atomic E-state index is 0.00709. The predicted molar refractivity (Wildman–Crippen MR) is 93.4 cm³/mol. The van der Waals surface area contributed by atoms with E-state index in [1.54, 1.807) is 28.8 Å². The Balaban J connectivity index is 2.24. The third kappa shape index (κ3) is 3.34. The van der Waals surface area contributed by atoms with Gasteiger partial charge >= 0.3 is 6.18 Å². The lowest BCUT2D eigenvalue weighted by Gasteiger charge is -2.17. The average Bonchev–Trinajstić information content (AvgIpc) is 2.92. The van der Waals surface area contributed by atoms with Crippen LogP contribution in [0.15, 0.2) is 30.5 Å². The maximum absolute atomic E-state index is 13.5. The third-order valence-electron chi connectivity index (χ3n) is 4.44. The Labute approximate surface area is 148 Å². The minimum atomic E-state index is -4.55. The summed E-state index contributed by atoms with van der Waals surface area (Å²) in [4.78, 5) is 5.47. The Morgan fingerprint density at radius 2 is 1.96 bits per heavy atom. The highest BCUT2D eigenvalue weighted by molar-refractivity contribution is 6.09. The first kappa shape index (κ1) is 18.5. The molecule has 0 aliphatic rings. The topological polar surface area (TPSA) is 50.5 Å². The first-order chi connectivity index (χ1) is 12.4. The molecule has 2 aromatic heterocycles. The summed E-state index contributed by atoms with van der Waals surface area (Å²) in [6.45, 7) is 1.26. The lowest BCUT2D eigenvalue weighted by Crippen LogP contribution is -2.26. The zero-order chi connectivity index (χ0) is 18.9. The lowest BCUT2D eigenvalue weighted by atomic mass is 10.1. The van der Waals surface area contributed by atoms with Gasteiger partial charge in [0.05, 0.1) is 24.8 Å². The smallest absolute Gasteiger partial charge is 0.435 e. The number of aliphatic hydroxyl groups excluding tert-OH is 1. The van der Waals surface area contributed by atoms with Gasteiger partial charge in [0.15, 0.2) is 5.69 Å². The quantitative estimate of drug-likeness (QED) is 0.727. The highest BCUT2D eigenvalue weighted by Crippen LogP contribution is 2.38. The van der Waals surface area contributed by atoms with Gasteiger partial charge in [-0.3, -0.25) is 0 Å². The number of pyridine rings is 1. The molecule has 26 heavy (non-hydrogen) atoms. The molecule has 0 aliphatic carbocycles. The van der Waals surface area contributed by atoms with Crippen LogP contribution in [0.25, 0.3) is 21.8 Å². The second-order valence-electron chi connectivity index (χ2n) is 6.12. The number of aromatic nitrogens is 2. The van der Waals surface area contributed by atoms with Crippen LogP contribution in [0.5, 0.6) is 5.75 Å². The van der Waals surface area contributed by atoms with Crippen molar-refractivity contribution in [2.45, 2.75) is 12.7 Å². The van der Waals surface area contributed by atoms with Crippen molar-refractivity contribution < 1.29 is 23.0 Å². The summed E-state index contributed by atoms with van der Waals surface area (Å²) < 4.78 is 47.5. The number of ether oxygens (including phenoxy) is 1. The van der Waals surface area contributed by atoms with Crippen molar-refractivity contribution in [3.63, 3.8) is 0 Å². The maximum atomic E-state index is 13.5. The zero-order valence-electron chi connectivity index (χ0n) is 14.5. The van der Waals surface area contributed by atoms with Gasteiger partial charge in [-0.1, -0.05) is 0 Å². The number of likely N-dealkylation sites (N-methyl/N-ethyl adjacent to an activating group) is 1. The Bertz CT molecular complexity index is 921. The second kappa shape index (κ2) is 7.13. The third-order valence-corrected chi connectivity index (χ3v) is 4.44. The standard InChI is InChI=1S/C18H20F3N3O2/c1-23(9-10-25)7-8-24-15-11-12(26-2)3-4-13(15)14-5-6-22-17(16(14)24)18(19,20)21/h3-6,11,25H,7-10H2,1-2H3. The minimum Gasteiger partial charge on any atom is -0.497 e. The van der Waals surface area contributed by atoms with Crippen molar-refractivity contribution in [2.75, 3.05) is 33.9 Å². The molecule has 0 fully saturated rings. The number of alkyl halides is 3. The van der Waals surface area contributed by atoms with Gasteiger partial charge in [0, 0.05) is 42.7 Å². The van der Waals surface area contributed by atoms with E-state index in [1.807, 2.05) is 11.9 Å². The molecule has 0 amide bonds. The van der Waals surface area contributed by atoms with E-state index in [-0.39, 0.29) is 12.1 Å². The first-order valence-electron chi connectivity index (χ1n) is 8.18. The van der Waals surface area contributed by atoms with Gasteiger partial charge < -0.3 is 19.3 Å². The molecule has 0 bridgehead atoms. The molecule has 0 atom stereocenters. The predicted octanol–water partition coefficient (Wildman–Crippen LogP) is 3.14. The van der Waals surface area contributed by atoms with Crippen molar-refractivity contribution in [3.8, 4) is 5.75 Å². The average molecular weight is 367 g/mol. The molecule has 3 aromatic rings. The van der Waals surface area contributed by atoms with E-state index in [1.165, 1.54) is 13.3 Å². The van der Waals surface area contributed by atoms with E-state index < -0.39 is 11.9 Å². The summed E-state index contributed by atoms with van der Waals surface area (Å²) in [6, 6.07) is 6.84. The van der Waals surface area contributed by atoms with Crippen molar-refractivity contribution in [2.24, 2.45) is 0 Å². The molecule has 0 saturated carbocycles. The monoisotopic (exact) mass is 367 g/mol. The summed E-state index contributed by atoms with van der Waals surface area (Å²) in [7, 11) is 3.33. The van der Waals surface area contributed by atoms with Crippen molar-refractivity contribution in [3.05, 3.63) is 36.2 Å². The summed E-state index contributed by atoms with van der Waals surface area (Å²) in [5.74, 6) is 0.576. The van der Waals surface area contributed by atoms with Crippen LogP contribution in [0.3, 0.4) is 0 Å². The lowest BCUT2D eigenvalue weighted by molar-refractivity contribution is -0.140. The summed E-state index contributed by atoms with van der Waals surface area (Å²) in [5, 5.41) is 10.3. The second-order valence-corrected chi connectivity index (χ2v) is 6.12. The van der Waals surface area contributed by atoms with Crippen LogP contribution >= 0.6 is 0 Å². The van der Waals surface area contributed by atoms with Gasteiger partial charge in [0.2, 0.25) is 0 Å². The number of aliphatic hydroxyl groups is 1. The van der Waals surface area contributed by atoms with Gasteiger partial charge in [-0.25, -0.2) is 4.98 Å². The van der Waals surface area contributed by atoms with Crippen LogP contribution < -0.4 is 4.74 Å². The normalized spacial score (nSPS) is 12.4. The molecular weight excluding hydrogens is 347 g/mol. The molecule has 8 heteroatoms. The number of methoxy groups -OCH3 is 1. The molecular formula is C18H20F3N3O2. The van der Waals surface area contributed by atoms with E-state index in [0.717, 1.165) is 5.39 Å². The van der Waals surface area contributed by atoms with Gasteiger partial charge in [0.1, 0.15) is 5.75 Å². The molecule has 0 aliphatic heterocycles. The molecule has 1 aromatic carbocycles. The number of rotatable bonds is 6. The van der Waals surface area contributed by atoms with Crippen LogP contribution in [0, 0.1) is 0 Å². The molecule has 0 spiro atoms. The molecule has 5 nitrogen and oxygen atoms in total. The van der Waals surface area contributed by atoms with Crippen LogP contribution in [0.1, 0.15) is 5.69 Å². The van der Waals surface area contributed by atoms with Gasteiger partial charge in [0.25, 0.3) is 0 Å². The summed E-state index contributed by atoms with van der Waals surface area (Å²) >= 11 is 0. The number of benzene rings is 1. The summed E-state index contributed by atoms with van der Waals surface area (Å²) in [5.41, 5.74) is -0.161. The number of halogens is 3. The van der Waals surface area contributed by atoms with Crippen LogP contribution in [0.4, 0.5) is 13.2 Å². The van der Waals surface area contributed by atoms with Gasteiger partial charge in [-0.15, -0.1) is 0 Å². The summed E-state index contributed by atoms with van der Waals surface area (Å²) in [6.07, 6.45) is -3.36.